The Morgan fingerprint density at radius 2 is 1.93 bits per heavy atom. The van der Waals surface area contributed by atoms with Gasteiger partial charge in [-0.15, -0.1) is 0 Å². The van der Waals surface area contributed by atoms with E-state index in [1.165, 1.54) is 5.39 Å². The number of hydrogen-bond donors (Lipinski definition) is 3. The van der Waals surface area contributed by atoms with E-state index in [-0.39, 0.29) is 17.8 Å². The van der Waals surface area contributed by atoms with Gasteiger partial charge >= 0.3 is 0 Å². The number of aliphatic imine (C=N–C) groups is 1. The molecule has 3 aromatic rings. The number of aryl methyl sites for hydroxylation is 1. The molecule has 0 aliphatic rings. The third-order valence-electron chi connectivity index (χ3n) is 5.06. The Morgan fingerprint density at radius 3 is 2.67 bits per heavy atom. The highest BCUT2D eigenvalue weighted by molar-refractivity contribution is 5.92. The van der Waals surface area contributed by atoms with E-state index in [0.29, 0.717) is 25.2 Å². The maximum absolute atomic E-state index is 12.4. The molecule has 1 amide bonds. The number of guanidine groups is 1. The normalized spacial score (nSPS) is 11.8. The predicted molar refractivity (Wildman–Crippen MR) is 122 cm³/mol. The minimum Gasteiger partial charge on any atom is -0.370 e. The van der Waals surface area contributed by atoms with Gasteiger partial charge < -0.3 is 16.8 Å². The summed E-state index contributed by atoms with van der Waals surface area (Å²) in [5.41, 5.74) is 13.3. The standard InChI is InChI=1S/C23H28N6O/c1-3-15(2)22(30)29-21-19(9-6-12-26-23(24)25)28-20(14-27-21)18-11-10-16-7-4-5-8-17(16)13-18/h4-5,7-8,10-11,13-15H,3,6,9,12H2,1-2H3,(H4,24,25,26)(H,27,29,30). The van der Waals surface area contributed by atoms with Gasteiger partial charge in [-0.25, -0.2) is 9.97 Å². The van der Waals surface area contributed by atoms with Crippen LogP contribution in [0.3, 0.4) is 0 Å². The van der Waals surface area contributed by atoms with Crippen LogP contribution in [0.25, 0.3) is 22.0 Å². The van der Waals surface area contributed by atoms with E-state index in [1.807, 2.05) is 32.0 Å². The smallest absolute Gasteiger partial charge is 0.228 e. The molecule has 7 nitrogen and oxygen atoms in total. The average molecular weight is 405 g/mol. The molecule has 0 saturated carbocycles. The first-order chi connectivity index (χ1) is 14.5. The molecule has 1 aromatic heterocycles. The number of anilines is 1. The highest BCUT2D eigenvalue weighted by atomic mass is 16.1. The Morgan fingerprint density at radius 1 is 1.17 bits per heavy atom. The van der Waals surface area contributed by atoms with Gasteiger partial charge in [0, 0.05) is 18.0 Å². The molecule has 0 radical (unpaired) electrons. The van der Waals surface area contributed by atoms with Crippen LogP contribution in [0.4, 0.5) is 5.82 Å². The number of carbonyl (C=O) groups is 1. The van der Waals surface area contributed by atoms with Crippen molar-refractivity contribution in [1.82, 2.24) is 9.97 Å². The maximum Gasteiger partial charge on any atom is 0.228 e. The van der Waals surface area contributed by atoms with Crippen molar-refractivity contribution in [3.8, 4) is 11.3 Å². The molecule has 0 aliphatic heterocycles. The third kappa shape index (κ3) is 5.31. The third-order valence-corrected chi connectivity index (χ3v) is 5.06. The highest BCUT2D eigenvalue weighted by Crippen LogP contribution is 2.25. The molecule has 1 atom stereocenters. The van der Waals surface area contributed by atoms with E-state index in [2.05, 4.69) is 39.6 Å². The van der Waals surface area contributed by atoms with Gasteiger partial charge in [-0.3, -0.25) is 9.79 Å². The molecule has 2 aromatic carbocycles. The fraction of sp³-hybridized carbons (Fsp3) is 0.304. The van der Waals surface area contributed by atoms with E-state index in [9.17, 15) is 4.79 Å². The molecule has 30 heavy (non-hydrogen) atoms. The lowest BCUT2D eigenvalue weighted by molar-refractivity contribution is -0.119. The minimum atomic E-state index is -0.0959. The second-order valence-electron chi connectivity index (χ2n) is 7.32. The zero-order valence-corrected chi connectivity index (χ0v) is 17.4. The highest BCUT2D eigenvalue weighted by Gasteiger charge is 2.16. The fourth-order valence-electron chi connectivity index (χ4n) is 3.07. The Hall–Kier alpha value is -3.48. The molecule has 3 rings (SSSR count). The van der Waals surface area contributed by atoms with Crippen LogP contribution in [0.15, 0.2) is 53.7 Å². The average Bonchev–Trinajstić information content (AvgIpc) is 2.76. The first-order valence-electron chi connectivity index (χ1n) is 10.2. The SMILES string of the molecule is CCC(C)C(=O)Nc1ncc(-c2ccc3ccccc3c2)nc1CCCN=C(N)N. The van der Waals surface area contributed by atoms with Gasteiger partial charge in [-0.05, 0) is 36.1 Å². The lowest BCUT2D eigenvalue weighted by Gasteiger charge is -2.14. The predicted octanol–water partition coefficient (Wildman–Crippen LogP) is 3.49. The summed E-state index contributed by atoms with van der Waals surface area (Å²) in [4.78, 5) is 25.7. The molecule has 7 heteroatoms. The van der Waals surface area contributed by atoms with Crippen LogP contribution in [0.1, 0.15) is 32.4 Å². The van der Waals surface area contributed by atoms with Gasteiger partial charge in [-0.1, -0.05) is 50.2 Å². The van der Waals surface area contributed by atoms with E-state index in [0.717, 1.165) is 28.8 Å². The van der Waals surface area contributed by atoms with Gasteiger partial charge in [0.05, 0.1) is 17.6 Å². The van der Waals surface area contributed by atoms with Crippen molar-refractivity contribution in [3.63, 3.8) is 0 Å². The number of nitrogens with one attached hydrogen (secondary N) is 1. The molecule has 0 spiro atoms. The first-order valence-corrected chi connectivity index (χ1v) is 10.2. The number of nitrogens with two attached hydrogens (primary N) is 2. The fourth-order valence-corrected chi connectivity index (χ4v) is 3.07. The van der Waals surface area contributed by atoms with Crippen LogP contribution in [-0.4, -0.2) is 28.4 Å². The monoisotopic (exact) mass is 404 g/mol. The zero-order chi connectivity index (χ0) is 21.5. The van der Waals surface area contributed by atoms with Crippen LogP contribution in [0.2, 0.25) is 0 Å². The van der Waals surface area contributed by atoms with Crippen molar-refractivity contribution in [2.45, 2.75) is 33.1 Å². The molecule has 0 aliphatic carbocycles. The molecule has 0 bridgehead atoms. The first kappa shape index (κ1) is 21.2. The molecule has 156 valence electrons. The summed E-state index contributed by atoms with van der Waals surface area (Å²) in [5, 5.41) is 5.23. The number of rotatable bonds is 8. The molecular formula is C23H28N6O. The summed E-state index contributed by atoms with van der Waals surface area (Å²) in [6, 6.07) is 14.4. The topological polar surface area (TPSA) is 119 Å². The minimum absolute atomic E-state index is 0.0595. The largest absolute Gasteiger partial charge is 0.370 e. The molecule has 0 saturated heterocycles. The van der Waals surface area contributed by atoms with E-state index < -0.39 is 0 Å². The Labute approximate surface area is 176 Å². The Kier molecular flexibility index (Phi) is 6.95. The summed E-state index contributed by atoms with van der Waals surface area (Å²) in [5.74, 6) is 0.406. The molecule has 0 fully saturated rings. The number of nitrogens with zero attached hydrogens (tertiary/aromatic N) is 3. The van der Waals surface area contributed by atoms with Crippen molar-refractivity contribution in [2.24, 2.45) is 22.4 Å². The van der Waals surface area contributed by atoms with E-state index in [1.54, 1.807) is 6.20 Å². The van der Waals surface area contributed by atoms with Gasteiger partial charge in [0.15, 0.2) is 11.8 Å². The van der Waals surface area contributed by atoms with Crippen molar-refractivity contribution in [2.75, 3.05) is 11.9 Å². The number of amides is 1. The van der Waals surface area contributed by atoms with Gasteiger partial charge in [-0.2, -0.15) is 0 Å². The summed E-state index contributed by atoms with van der Waals surface area (Å²) in [7, 11) is 0. The van der Waals surface area contributed by atoms with Crippen LogP contribution in [-0.2, 0) is 11.2 Å². The number of carbonyl (C=O) groups excluding carboxylic acids is 1. The van der Waals surface area contributed by atoms with E-state index in [4.69, 9.17) is 16.5 Å². The number of benzene rings is 2. The molecular weight excluding hydrogens is 376 g/mol. The van der Waals surface area contributed by atoms with Crippen molar-refractivity contribution in [1.29, 1.82) is 0 Å². The summed E-state index contributed by atoms with van der Waals surface area (Å²) in [6.07, 6.45) is 3.76. The number of hydrogen-bond acceptors (Lipinski definition) is 4. The van der Waals surface area contributed by atoms with Crippen molar-refractivity contribution in [3.05, 3.63) is 54.4 Å². The molecule has 1 unspecified atom stereocenters. The van der Waals surface area contributed by atoms with Crippen LogP contribution in [0, 0.1) is 5.92 Å². The summed E-state index contributed by atoms with van der Waals surface area (Å²) >= 11 is 0. The van der Waals surface area contributed by atoms with Crippen molar-refractivity contribution >= 4 is 28.5 Å². The Balaban J connectivity index is 1.91. The van der Waals surface area contributed by atoms with Crippen molar-refractivity contribution < 1.29 is 4.79 Å². The second kappa shape index (κ2) is 9.82. The van der Waals surface area contributed by atoms with E-state index >= 15 is 0 Å². The zero-order valence-electron chi connectivity index (χ0n) is 17.4. The second-order valence-corrected chi connectivity index (χ2v) is 7.32. The van der Waals surface area contributed by atoms with Gasteiger partial charge in [0.1, 0.15) is 0 Å². The lowest BCUT2D eigenvalue weighted by Crippen LogP contribution is -2.23. The Bertz CT molecular complexity index is 1060. The van der Waals surface area contributed by atoms with Gasteiger partial charge in [0.25, 0.3) is 0 Å². The van der Waals surface area contributed by atoms with Crippen LogP contribution >= 0.6 is 0 Å². The van der Waals surface area contributed by atoms with Gasteiger partial charge in [0.2, 0.25) is 5.91 Å². The molecule has 1 heterocycles. The number of aromatic nitrogens is 2. The number of fused-ring (bicyclic) bond motifs is 1. The summed E-state index contributed by atoms with van der Waals surface area (Å²) in [6.45, 7) is 4.36. The van der Waals surface area contributed by atoms with Crippen LogP contribution in [0.5, 0.6) is 0 Å². The maximum atomic E-state index is 12.4. The lowest BCUT2D eigenvalue weighted by atomic mass is 10.0. The molecule has 5 N–H and O–H groups in total. The summed E-state index contributed by atoms with van der Waals surface area (Å²) < 4.78 is 0. The van der Waals surface area contributed by atoms with Crippen LogP contribution < -0.4 is 16.8 Å². The quantitative estimate of drug-likeness (QED) is 0.302.